The van der Waals surface area contributed by atoms with Crippen LogP contribution in [0, 0.1) is 6.57 Å². The summed E-state index contributed by atoms with van der Waals surface area (Å²) in [4.78, 5) is 10.4. The van der Waals surface area contributed by atoms with Crippen molar-refractivity contribution in [3.8, 4) is 6.57 Å². The third-order valence-electron chi connectivity index (χ3n) is 3.95. The first-order valence-electron chi connectivity index (χ1n) is 8.02. The fraction of sp³-hybridized carbons (Fsp3) is 0.200. The normalized spacial score (nSPS) is 10.3. The second-order valence-electron chi connectivity index (χ2n) is 5.74. The van der Waals surface area contributed by atoms with E-state index < -0.39 is 0 Å². The predicted molar refractivity (Wildman–Crippen MR) is 102 cm³/mol. The molecule has 3 rings (SSSR count). The van der Waals surface area contributed by atoms with Crippen LogP contribution in [0.5, 0.6) is 0 Å². The summed E-state index contributed by atoms with van der Waals surface area (Å²) in [6, 6.07) is 18.8. The number of aromatic nitrogens is 1. The van der Waals surface area contributed by atoms with Gasteiger partial charge < -0.3 is 10.2 Å². The van der Waals surface area contributed by atoms with E-state index in [9.17, 15) is 0 Å². The molecule has 0 amide bonds. The van der Waals surface area contributed by atoms with Crippen LogP contribution < -0.4 is 10.2 Å². The zero-order valence-electron chi connectivity index (χ0n) is 13.8. The van der Waals surface area contributed by atoms with Crippen LogP contribution in [-0.4, -0.2) is 25.1 Å². The van der Waals surface area contributed by atoms with Gasteiger partial charge in [-0.3, -0.25) is 4.98 Å². The molecule has 0 aliphatic heterocycles. The maximum atomic E-state index is 5.23. The minimum atomic E-state index is 0.568. The molecule has 120 valence electrons. The Morgan fingerprint density at radius 1 is 1.12 bits per heavy atom. The lowest BCUT2D eigenvalue weighted by atomic mass is 10.1. The fourth-order valence-electron chi connectivity index (χ4n) is 2.74. The topological polar surface area (TPSA) is 32.5 Å². The monoisotopic (exact) mass is 317 g/mol. The highest BCUT2D eigenvalue weighted by Crippen LogP contribution is 2.28. The molecule has 0 aliphatic rings. The van der Waals surface area contributed by atoms with Gasteiger partial charge in [-0.25, -0.2) is 0 Å². The van der Waals surface area contributed by atoms with Crippen LogP contribution in [0.4, 0.5) is 11.4 Å². The van der Waals surface area contributed by atoms with Crippen LogP contribution in [0.2, 0.25) is 0 Å². The molecule has 4 nitrogen and oxygen atoms in total. The summed E-state index contributed by atoms with van der Waals surface area (Å²) in [6.07, 6.45) is 1.81. The Balaban J connectivity index is 1.91. The van der Waals surface area contributed by atoms with E-state index in [-0.39, 0.29) is 0 Å². The van der Waals surface area contributed by atoms with Gasteiger partial charge in [0.05, 0.1) is 17.7 Å². The van der Waals surface area contributed by atoms with Gasteiger partial charge in [-0.2, -0.15) is 0 Å². The number of hydrogen-bond donors (Lipinski definition) is 1. The molecular weight excluding hydrogens is 296 g/mol. The Kier molecular flexibility index (Phi) is 4.93. The van der Waals surface area contributed by atoms with Crippen molar-refractivity contribution in [1.29, 1.82) is 0 Å². The number of pyridine rings is 1. The minimum Gasteiger partial charge on any atom is -0.376 e. The molecule has 1 aromatic heterocycles. The molecule has 1 N–H and O–H groups in total. The van der Waals surface area contributed by atoms with Crippen LogP contribution in [-0.2, 0) is 6.54 Å². The number of benzene rings is 2. The first-order chi connectivity index (χ1) is 11.8. The molecule has 4 heteroatoms. The molecule has 0 spiro atoms. The molecule has 0 saturated carbocycles. The molecule has 24 heavy (non-hydrogen) atoms. The van der Waals surface area contributed by atoms with Crippen molar-refractivity contribution in [2.24, 2.45) is 0 Å². The lowest BCUT2D eigenvalue weighted by molar-refractivity contribution is 0.924. The van der Waals surface area contributed by atoms with Gasteiger partial charge in [0.2, 0.25) is 0 Å². The Morgan fingerprint density at radius 3 is 2.75 bits per heavy atom. The number of hydrogen-bond acceptors (Lipinski definition) is 3. The van der Waals surface area contributed by atoms with Gasteiger partial charge in [0, 0.05) is 30.9 Å². The van der Waals surface area contributed by atoms with Crippen molar-refractivity contribution in [2.75, 3.05) is 30.4 Å². The summed E-state index contributed by atoms with van der Waals surface area (Å²) in [6.45, 7) is 7.34. The predicted octanol–water partition coefficient (Wildman–Crippen LogP) is 4.25. The summed E-state index contributed by atoms with van der Waals surface area (Å²) in [5.74, 6) is 0. The number of fused-ring (bicyclic) bond motifs is 1. The average Bonchev–Trinajstić information content (AvgIpc) is 2.62. The Morgan fingerprint density at radius 2 is 1.96 bits per heavy atom. The zero-order chi connectivity index (χ0) is 16.8. The quantitative estimate of drug-likeness (QED) is 0.690. The average molecular weight is 317 g/mol. The van der Waals surface area contributed by atoms with E-state index in [4.69, 9.17) is 6.57 Å². The summed E-state index contributed by atoms with van der Waals surface area (Å²) in [5, 5.41) is 4.50. The maximum Gasteiger partial charge on any atom is 0.280 e. The van der Waals surface area contributed by atoms with Crippen molar-refractivity contribution in [2.45, 2.75) is 6.54 Å². The van der Waals surface area contributed by atoms with Crippen molar-refractivity contribution in [3.63, 3.8) is 0 Å². The van der Waals surface area contributed by atoms with Gasteiger partial charge in [-0.1, -0.05) is 41.2 Å². The molecule has 1 heterocycles. The summed E-state index contributed by atoms with van der Waals surface area (Å²) < 4.78 is 0. The number of anilines is 2. The number of rotatable bonds is 6. The second-order valence-corrected chi connectivity index (χ2v) is 5.74. The molecular formula is C20H21N4+. The van der Waals surface area contributed by atoms with Crippen LogP contribution >= 0.6 is 0 Å². The van der Waals surface area contributed by atoms with Gasteiger partial charge in [0.15, 0.2) is 0 Å². The van der Waals surface area contributed by atoms with E-state index in [2.05, 4.69) is 69.6 Å². The van der Waals surface area contributed by atoms with Crippen LogP contribution in [0.3, 0.4) is 0 Å². The van der Waals surface area contributed by atoms with Gasteiger partial charge in [0.25, 0.3) is 13.1 Å². The van der Waals surface area contributed by atoms with Crippen molar-refractivity contribution >= 4 is 22.3 Å². The standard InChI is InChI=1S/C20H21N4/c1-21-11-12-22-19-14-18(13-17-9-6-10-23-20(17)19)24(2)15-16-7-4-3-5-8-16/h1,3-10,13-14,22H,11-12,15H2,2H3/q+1. The molecule has 0 fully saturated rings. The molecule has 0 unspecified atom stereocenters. The van der Waals surface area contributed by atoms with Crippen molar-refractivity contribution < 1.29 is 0 Å². The van der Waals surface area contributed by atoms with Gasteiger partial charge in [0.1, 0.15) is 0 Å². The third kappa shape index (κ3) is 3.64. The van der Waals surface area contributed by atoms with Gasteiger partial charge in [-0.05, 0) is 23.8 Å². The highest BCUT2D eigenvalue weighted by Gasteiger charge is 2.09. The van der Waals surface area contributed by atoms with E-state index >= 15 is 0 Å². The highest BCUT2D eigenvalue weighted by molar-refractivity contribution is 5.93. The van der Waals surface area contributed by atoms with E-state index in [0.29, 0.717) is 13.1 Å². The van der Waals surface area contributed by atoms with Crippen molar-refractivity contribution in [3.05, 3.63) is 71.2 Å². The Labute approximate surface area is 142 Å². The fourth-order valence-corrected chi connectivity index (χ4v) is 2.74. The Hall–Kier alpha value is -3.06. The number of nitrogens with zero attached hydrogens (tertiary/aromatic N) is 3. The van der Waals surface area contributed by atoms with E-state index in [1.807, 2.05) is 18.3 Å². The first-order valence-corrected chi connectivity index (χ1v) is 8.02. The number of nitrogens with one attached hydrogen (secondary N) is 1. The molecule has 0 bridgehead atoms. The maximum absolute atomic E-state index is 5.23. The van der Waals surface area contributed by atoms with Crippen molar-refractivity contribution in [1.82, 2.24) is 4.98 Å². The van der Waals surface area contributed by atoms with Crippen LogP contribution in [0.1, 0.15) is 5.56 Å². The molecule has 0 saturated heterocycles. The molecule has 3 aromatic rings. The summed E-state index contributed by atoms with van der Waals surface area (Å²) >= 11 is 0. The smallest absolute Gasteiger partial charge is 0.280 e. The van der Waals surface area contributed by atoms with Gasteiger partial charge >= 0.3 is 0 Å². The molecule has 2 aromatic carbocycles. The van der Waals surface area contributed by atoms with Crippen LogP contribution in [0.25, 0.3) is 15.7 Å². The lowest BCUT2D eigenvalue weighted by Gasteiger charge is -2.21. The minimum absolute atomic E-state index is 0.568. The van der Waals surface area contributed by atoms with Crippen LogP contribution in [0.15, 0.2) is 60.8 Å². The highest BCUT2D eigenvalue weighted by atomic mass is 15.1. The Bertz CT molecular complexity index is 852. The van der Waals surface area contributed by atoms with Gasteiger partial charge in [-0.15, -0.1) is 0 Å². The molecule has 0 radical (unpaired) electrons. The summed E-state index contributed by atoms with van der Waals surface area (Å²) in [7, 11) is 2.10. The first kappa shape index (κ1) is 15.8. The largest absolute Gasteiger partial charge is 0.376 e. The lowest BCUT2D eigenvalue weighted by Crippen LogP contribution is -2.17. The summed E-state index contributed by atoms with van der Waals surface area (Å²) in [5.41, 5.74) is 4.40. The van der Waals surface area contributed by atoms with E-state index in [0.717, 1.165) is 28.8 Å². The van der Waals surface area contributed by atoms with E-state index in [1.54, 1.807) is 0 Å². The zero-order valence-corrected chi connectivity index (χ0v) is 13.8. The molecule has 0 atom stereocenters. The molecule has 0 aliphatic carbocycles. The third-order valence-corrected chi connectivity index (χ3v) is 3.95. The second kappa shape index (κ2) is 7.47. The SMILES string of the molecule is C#[N+]CCNc1cc(N(C)Cc2ccccc2)cc2cccnc12. The van der Waals surface area contributed by atoms with E-state index in [1.165, 1.54) is 5.56 Å².